The van der Waals surface area contributed by atoms with Gasteiger partial charge in [-0.2, -0.15) is 0 Å². The Morgan fingerprint density at radius 3 is 2.92 bits per heavy atom. The third kappa shape index (κ3) is 1.99. The average Bonchev–Trinajstić information content (AvgIpc) is 2.33. The highest BCUT2D eigenvalue weighted by molar-refractivity contribution is 5.50. The van der Waals surface area contributed by atoms with Gasteiger partial charge in [-0.25, -0.2) is 0 Å². The first-order valence-corrected chi connectivity index (χ1v) is 4.75. The second kappa shape index (κ2) is 4.05. The van der Waals surface area contributed by atoms with Crippen molar-refractivity contribution >= 4 is 6.29 Å². The van der Waals surface area contributed by atoms with Crippen molar-refractivity contribution in [3.05, 3.63) is 11.6 Å². The van der Waals surface area contributed by atoms with Crippen molar-refractivity contribution in [3.8, 4) is 0 Å². The minimum atomic E-state index is 0.136. The molecule has 0 aromatic rings. The van der Waals surface area contributed by atoms with E-state index in [1.807, 2.05) is 0 Å². The fourth-order valence-electron chi connectivity index (χ4n) is 2.01. The Morgan fingerprint density at radius 1 is 1.69 bits per heavy atom. The second-order valence-corrected chi connectivity index (χ2v) is 4.22. The van der Waals surface area contributed by atoms with Gasteiger partial charge in [0.05, 0.1) is 6.61 Å². The minimum absolute atomic E-state index is 0.136. The molecule has 0 aromatic carbocycles. The summed E-state index contributed by atoms with van der Waals surface area (Å²) >= 11 is 0. The van der Waals surface area contributed by atoms with Gasteiger partial charge in [0.1, 0.15) is 6.29 Å². The van der Waals surface area contributed by atoms with Crippen LogP contribution in [0.3, 0.4) is 0 Å². The van der Waals surface area contributed by atoms with E-state index in [9.17, 15) is 4.79 Å². The predicted molar refractivity (Wildman–Crippen MR) is 52.5 cm³/mol. The summed E-state index contributed by atoms with van der Waals surface area (Å²) in [5.74, 6) is 0.468. The van der Waals surface area contributed by atoms with E-state index in [0.29, 0.717) is 18.9 Å². The fourth-order valence-corrected chi connectivity index (χ4v) is 2.01. The first kappa shape index (κ1) is 10.5. The average molecular weight is 182 g/mol. The van der Waals surface area contributed by atoms with Crippen LogP contribution in [0.4, 0.5) is 0 Å². The molecule has 0 unspecified atom stereocenters. The van der Waals surface area contributed by atoms with Gasteiger partial charge >= 0.3 is 0 Å². The SMILES string of the molecule is COCC1=CC[C@H](CC=O)C1(C)C. The number of carbonyl (C=O) groups is 1. The van der Waals surface area contributed by atoms with Crippen LogP contribution in [0.25, 0.3) is 0 Å². The Kier molecular flexibility index (Phi) is 3.26. The maximum Gasteiger partial charge on any atom is 0.120 e. The molecule has 74 valence electrons. The molecule has 1 aliphatic carbocycles. The summed E-state index contributed by atoms with van der Waals surface area (Å²) in [5, 5.41) is 0. The molecule has 0 bridgehead atoms. The van der Waals surface area contributed by atoms with Gasteiger partial charge in [0, 0.05) is 13.5 Å². The monoisotopic (exact) mass is 182 g/mol. The summed E-state index contributed by atoms with van der Waals surface area (Å²) in [6, 6.07) is 0. The molecule has 0 spiro atoms. The highest BCUT2D eigenvalue weighted by Crippen LogP contribution is 2.44. The van der Waals surface area contributed by atoms with Crippen molar-refractivity contribution in [2.24, 2.45) is 11.3 Å². The van der Waals surface area contributed by atoms with Crippen LogP contribution < -0.4 is 0 Å². The Balaban J connectivity index is 2.66. The molecule has 0 aliphatic heterocycles. The Labute approximate surface area is 80.0 Å². The van der Waals surface area contributed by atoms with Crippen LogP contribution in [-0.2, 0) is 9.53 Å². The number of hydrogen-bond donors (Lipinski definition) is 0. The van der Waals surface area contributed by atoms with Gasteiger partial charge in [0.2, 0.25) is 0 Å². The van der Waals surface area contributed by atoms with Crippen molar-refractivity contribution in [3.63, 3.8) is 0 Å². The third-order valence-electron chi connectivity index (χ3n) is 3.18. The normalized spacial score (nSPS) is 25.8. The molecule has 0 saturated heterocycles. The zero-order valence-corrected chi connectivity index (χ0v) is 8.67. The van der Waals surface area contributed by atoms with E-state index < -0.39 is 0 Å². The molecule has 0 fully saturated rings. The van der Waals surface area contributed by atoms with Crippen molar-refractivity contribution in [2.75, 3.05) is 13.7 Å². The molecule has 0 aromatic heterocycles. The number of rotatable bonds is 4. The highest BCUT2D eigenvalue weighted by Gasteiger charge is 2.36. The molecule has 2 nitrogen and oxygen atoms in total. The molecule has 0 heterocycles. The molecule has 2 heteroatoms. The van der Waals surface area contributed by atoms with Crippen molar-refractivity contribution in [1.29, 1.82) is 0 Å². The van der Waals surface area contributed by atoms with E-state index in [1.54, 1.807) is 7.11 Å². The van der Waals surface area contributed by atoms with E-state index in [1.165, 1.54) is 5.57 Å². The first-order chi connectivity index (χ1) is 6.12. The van der Waals surface area contributed by atoms with E-state index in [0.717, 1.165) is 12.7 Å². The molecule has 0 amide bonds. The highest BCUT2D eigenvalue weighted by atomic mass is 16.5. The summed E-state index contributed by atoms with van der Waals surface area (Å²) in [6.45, 7) is 5.08. The maximum atomic E-state index is 10.5. The molecule has 1 aliphatic rings. The summed E-state index contributed by atoms with van der Waals surface area (Å²) < 4.78 is 5.13. The largest absolute Gasteiger partial charge is 0.380 e. The van der Waals surface area contributed by atoms with Crippen LogP contribution in [0, 0.1) is 11.3 Å². The van der Waals surface area contributed by atoms with E-state index in [4.69, 9.17) is 4.74 Å². The number of aldehydes is 1. The lowest BCUT2D eigenvalue weighted by molar-refractivity contribution is -0.109. The van der Waals surface area contributed by atoms with Crippen LogP contribution in [0.5, 0.6) is 0 Å². The second-order valence-electron chi connectivity index (χ2n) is 4.22. The number of ether oxygens (including phenoxy) is 1. The van der Waals surface area contributed by atoms with E-state index in [-0.39, 0.29) is 5.41 Å². The Morgan fingerprint density at radius 2 is 2.38 bits per heavy atom. The number of hydrogen-bond acceptors (Lipinski definition) is 2. The predicted octanol–water partition coefficient (Wildman–Crippen LogP) is 2.19. The quantitative estimate of drug-likeness (QED) is 0.492. The lowest BCUT2D eigenvalue weighted by Crippen LogP contribution is -2.23. The van der Waals surface area contributed by atoms with Crippen molar-refractivity contribution in [2.45, 2.75) is 26.7 Å². The number of allylic oxidation sites excluding steroid dienone is 1. The van der Waals surface area contributed by atoms with Gasteiger partial charge in [-0.1, -0.05) is 19.9 Å². The van der Waals surface area contributed by atoms with Gasteiger partial charge < -0.3 is 9.53 Å². The van der Waals surface area contributed by atoms with Gasteiger partial charge in [-0.05, 0) is 23.3 Å². The molecule has 0 saturated carbocycles. The molecular weight excluding hydrogens is 164 g/mol. The molecule has 1 atom stereocenters. The van der Waals surface area contributed by atoms with Crippen molar-refractivity contribution < 1.29 is 9.53 Å². The van der Waals surface area contributed by atoms with Crippen LogP contribution in [0.1, 0.15) is 26.7 Å². The summed E-state index contributed by atoms with van der Waals surface area (Å²) in [5.41, 5.74) is 1.47. The Bertz CT molecular complexity index is 216. The zero-order chi connectivity index (χ0) is 9.90. The minimum Gasteiger partial charge on any atom is -0.380 e. The van der Waals surface area contributed by atoms with Crippen molar-refractivity contribution in [1.82, 2.24) is 0 Å². The van der Waals surface area contributed by atoms with Crippen LogP contribution in [-0.4, -0.2) is 20.0 Å². The van der Waals surface area contributed by atoms with E-state index in [2.05, 4.69) is 19.9 Å². The maximum absolute atomic E-state index is 10.5. The molecule has 0 N–H and O–H groups in total. The summed E-state index contributed by atoms with van der Waals surface area (Å²) in [4.78, 5) is 10.5. The number of carbonyl (C=O) groups excluding carboxylic acids is 1. The van der Waals surface area contributed by atoms with Gasteiger partial charge in [-0.15, -0.1) is 0 Å². The van der Waals surface area contributed by atoms with Crippen LogP contribution in [0.15, 0.2) is 11.6 Å². The summed E-state index contributed by atoms with van der Waals surface area (Å²) in [7, 11) is 1.71. The van der Waals surface area contributed by atoms with Gasteiger partial charge in [0.25, 0.3) is 0 Å². The lowest BCUT2D eigenvalue weighted by Gasteiger charge is -2.29. The first-order valence-electron chi connectivity index (χ1n) is 4.75. The molecule has 13 heavy (non-hydrogen) atoms. The molecule has 0 radical (unpaired) electrons. The van der Waals surface area contributed by atoms with Crippen LogP contribution >= 0.6 is 0 Å². The summed E-state index contributed by atoms with van der Waals surface area (Å²) in [6.07, 6.45) is 4.93. The third-order valence-corrected chi connectivity index (χ3v) is 3.18. The topological polar surface area (TPSA) is 26.3 Å². The smallest absolute Gasteiger partial charge is 0.120 e. The zero-order valence-electron chi connectivity index (χ0n) is 8.67. The van der Waals surface area contributed by atoms with Gasteiger partial charge in [0.15, 0.2) is 0 Å². The fraction of sp³-hybridized carbons (Fsp3) is 0.727. The van der Waals surface area contributed by atoms with Crippen LogP contribution in [0.2, 0.25) is 0 Å². The Hall–Kier alpha value is -0.630. The lowest BCUT2D eigenvalue weighted by atomic mass is 9.76. The van der Waals surface area contributed by atoms with E-state index >= 15 is 0 Å². The molecular formula is C11H18O2. The van der Waals surface area contributed by atoms with Gasteiger partial charge in [-0.3, -0.25) is 0 Å². The molecule has 1 rings (SSSR count). The standard InChI is InChI=1S/C11H18O2/c1-11(2)9(6-7-12)4-5-10(11)8-13-3/h5,7,9H,4,6,8H2,1-3H3/t9-/m1/s1. The number of methoxy groups -OCH3 is 1.